The van der Waals surface area contributed by atoms with E-state index in [1.807, 2.05) is 0 Å². The SMILES string of the molecule is [2H]OP(=O)(O)O[C@H]1[C@H](OC(=O)C(CCCCCCCCCCCC)CCCCCCCCCCCC)[C@@H](NC(=O)C[C@H](O)CCCCCCCCCCC)CO[C@@H]1COC(=O)CN(C)C. The number of esters is 2. The summed E-state index contributed by atoms with van der Waals surface area (Å²) in [7, 11) is -1.64. The first kappa shape index (κ1) is 58.5. The molecule has 1 heterocycles. The van der Waals surface area contributed by atoms with Crippen molar-refractivity contribution in [3.63, 3.8) is 0 Å². The maximum atomic E-state index is 14.4. The number of phosphoric ester groups is 1. The largest absolute Gasteiger partial charge is 0.470 e. The van der Waals surface area contributed by atoms with Crippen LogP contribution in [0.5, 0.6) is 0 Å². The standard InChI is InChI=1S/C50H97N2O11P/c1-6-9-12-15-18-21-24-26-29-32-35-42(36-33-30-27-25-22-19-16-13-10-7-2)50(56)62-48-44(51-46(54)38-43(53)37-34-31-28-23-20-17-14-11-8-3)40-60-45(49(48)63-64(57,58)59)41-61-47(55)39-52(4)5/h42-45,48-49,53H,6-41H2,1-5H3,(H,51,54)(H2,57,58,59)/t43-,44+,45-,48-,49-/m1/s1/i/hD. The average Bonchev–Trinajstić information content (AvgIpc) is 3.26. The van der Waals surface area contributed by atoms with Gasteiger partial charge in [-0.15, -0.1) is 0 Å². The zero-order valence-electron chi connectivity index (χ0n) is 42.4. The number of carbonyl (C=O) groups excluding carboxylic acids is 3. The first-order valence-electron chi connectivity index (χ1n) is 26.5. The Morgan fingerprint density at radius 3 is 1.53 bits per heavy atom. The summed E-state index contributed by atoms with van der Waals surface area (Å²) in [5.41, 5.74) is 0. The highest BCUT2D eigenvalue weighted by atomic mass is 31.2. The van der Waals surface area contributed by atoms with E-state index in [4.69, 9.17) is 20.2 Å². The molecule has 0 spiro atoms. The van der Waals surface area contributed by atoms with Crippen molar-refractivity contribution in [2.75, 3.05) is 33.9 Å². The van der Waals surface area contributed by atoms with Crippen molar-refractivity contribution in [1.82, 2.24) is 10.2 Å². The molecule has 64 heavy (non-hydrogen) atoms. The van der Waals surface area contributed by atoms with Crippen molar-refractivity contribution in [2.24, 2.45) is 5.92 Å². The fraction of sp³-hybridized carbons (Fsp3) is 0.940. The molecule has 1 saturated heterocycles. The molecular weight excluding hydrogens is 836 g/mol. The van der Waals surface area contributed by atoms with E-state index in [1.54, 1.807) is 19.0 Å². The maximum absolute atomic E-state index is 14.4. The number of carbonyl (C=O) groups is 3. The van der Waals surface area contributed by atoms with Crippen LogP contribution < -0.4 is 5.32 Å². The molecule has 0 saturated carbocycles. The van der Waals surface area contributed by atoms with Gasteiger partial charge in [0, 0.05) is 0 Å². The first-order valence-corrected chi connectivity index (χ1v) is 27.6. The van der Waals surface area contributed by atoms with Crippen molar-refractivity contribution in [2.45, 2.75) is 263 Å². The van der Waals surface area contributed by atoms with Gasteiger partial charge in [0.1, 0.15) is 18.8 Å². The van der Waals surface area contributed by atoms with Gasteiger partial charge < -0.3 is 34.4 Å². The number of phosphoric acid groups is 1. The van der Waals surface area contributed by atoms with Crippen LogP contribution in [0.2, 0.25) is 0 Å². The monoisotopic (exact) mass is 934 g/mol. The summed E-state index contributed by atoms with van der Waals surface area (Å²) in [6.07, 6.45) is 30.0. The smallest absolute Gasteiger partial charge is 0.462 e. The molecule has 1 unspecified atom stereocenters. The molecule has 13 nitrogen and oxygen atoms in total. The zero-order valence-corrected chi connectivity index (χ0v) is 42.3. The van der Waals surface area contributed by atoms with E-state index in [0.717, 1.165) is 77.0 Å². The molecule has 1 amide bonds. The molecule has 1 rings (SSSR count). The fourth-order valence-electron chi connectivity index (χ4n) is 8.67. The number of amides is 1. The average molecular weight is 934 g/mol. The van der Waals surface area contributed by atoms with Crippen molar-refractivity contribution < 1.29 is 52.6 Å². The van der Waals surface area contributed by atoms with Crippen LogP contribution in [0.1, 0.15) is 233 Å². The molecule has 0 aromatic heterocycles. The predicted octanol–water partition coefficient (Wildman–Crippen LogP) is 11.3. The molecule has 1 aliphatic heterocycles. The Hall–Kier alpha value is -1.60. The van der Waals surface area contributed by atoms with Gasteiger partial charge in [-0.3, -0.25) is 23.8 Å². The zero-order chi connectivity index (χ0) is 48.0. The Balaban J connectivity index is 3.17. The molecule has 4 N–H and O–H groups in total. The molecule has 14 heteroatoms. The van der Waals surface area contributed by atoms with Crippen LogP contribution in [-0.4, -0.2) is 103 Å². The second kappa shape index (κ2) is 39.4. The summed E-state index contributed by atoms with van der Waals surface area (Å²) in [6, 6.07) is -1.05. The molecule has 1 aliphatic rings. The van der Waals surface area contributed by atoms with Crippen LogP contribution in [0.25, 0.3) is 0 Å². The minimum Gasteiger partial charge on any atom is -0.462 e. The summed E-state index contributed by atoms with van der Waals surface area (Å²) >= 11 is 0. The van der Waals surface area contributed by atoms with E-state index in [1.165, 1.54) is 109 Å². The van der Waals surface area contributed by atoms with Crippen molar-refractivity contribution in [3.05, 3.63) is 0 Å². The molecule has 0 aliphatic carbocycles. The summed E-state index contributed by atoms with van der Waals surface area (Å²) in [5, 5.41) is 13.7. The second-order valence-electron chi connectivity index (χ2n) is 19.0. The lowest BCUT2D eigenvalue weighted by molar-refractivity contribution is -0.196. The molecular formula is C50H97N2O11P. The number of aliphatic hydroxyl groups is 1. The summed E-state index contributed by atoms with van der Waals surface area (Å²) < 4.78 is 43.3. The van der Waals surface area contributed by atoms with Gasteiger partial charge in [-0.1, -0.05) is 207 Å². The number of aliphatic hydroxyl groups excluding tert-OH is 1. The number of hydrogen-bond donors (Lipinski definition) is 4. The third kappa shape index (κ3) is 33.0. The summed E-state index contributed by atoms with van der Waals surface area (Å²) in [6.45, 7) is 6.01. The van der Waals surface area contributed by atoms with Gasteiger partial charge in [0.15, 0.2) is 6.10 Å². The van der Waals surface area contributed by atoms with Crippen LogP contribution in [0.4, 0.5) is 0 Å². The Morgan fingerprint density at radius 2 is 1.11 bits per heavy atom. The highest BCUT2D eigenvalue weighted by Crippen LogP contribution is 2.42. The van der Waals surface area contributed by atoms with Gasteiger partial charge in [0.2, 0.25) is 7.34 Å². The number of unbranched alkanes of at least 4 members (excludes halogenated alkanes) is 26. The number of nitrogens with zero attached hydrogens (tertiary/aromatic N) is 1. The van der Waals surface area contributed by atoms with Gasteiger partial charge in [-0.2, -0.15) is 0 Å². The quantitative estimate of drug-likeness (QED) is 0.0258. The number of rotatable bonds is 44. The number of nitrogens with one attached hydrogen (secondary N) is 1. The lowest BCUT2D eigenvalue weighted by Gasteiger charge is -2.42. The van der Waals surface area contributed by atoms with E-state index in [-0.39, 0.29) is 19.6 Å². The second-order valence-corrected chi connectivity index (χ2v) is 20.2. The Morgan fingerprint density at radius 1 is 0.688 bits per heavy atom. The maximum Gasteiger partial charge on any atom is 0.470 e. The highest BCUT2D eigenvalue weighted by molar-refractivity contribution is 7.46. The molecule has 1 fully saturated rings. The van der Waals surface area contributed by atoms with Gasteiger partial charge in [0.05, 0.1) is 37.6 Å². The van der Waals surface area contributed by atoms with Gasteiger partial charge in [-0.25, -0.2) is 4.57 Å². The fourth-order valence-corrected chi connectivity index (χ4v) is 9.24. The summed E-state index contributed by atoms with van der Waals surface area (Å²) in [4.78, 5) is 56.5. The minimum atomic E-state index is -5.05. The number of ether oxygens (including phenoxy) is 3. The van der Waals surface area contributed by atoms with E-state index in [9.17, 15) is 28.9 Å². The van der Waals surface area contributed by atoms with Crippen molar-refractivity contribution in [3.8, 4) is 0 Å². The van der Waals surface area contributed by atoms with Crippen molar-refractivity contribution in [1.29, 1.82) is 1.43 Å². The molecule has 378 valence electrons. The normalized spacial score (nSPS) is 19.4. The first-order chi connectivity index (χ1) is 31.4. The third-order valence-corrected chi connectivity index (χ3v) is 13.0. The van der Waals surface area contributed by atoms with Crippen LogP contribution in [0.15, 0.2) is 0 Å². The predicted molar refractivity (Wildman–Crippen MR) is 257 cm³/mol. The Labute approximate surface area is 391 Å². The minimum absolute atomic E-state index is 0.0371. The topological polar surface area (TPSA) is 181 Å². The van der Waals surface area contributed by atoms with Gasteiger partial charge in [-0.05, 0) is 33.4 Å². The van der Waals surface area contributed by atoms with Crippen LogP contribution >= 0.6 is 7.82 Å². The van der Waals surface area contributed by atoms with Crippen LogP contribution in [-0.2, 0) is 37.7 Å². The van der Waals surface area contributed by atoms with Crippen LogP contribution in [0, 0.1) is 5.92 Å². The molecule has 0 bridgehead atoms. The highest BCUT2D eigenvalue weighted by Gasteiger charge is 2.48. The lowest BCUT2D eigenvalue weighted by atomic mass is 9.93. The van der Waals surface area contributed by atoms with Crippen molar-refractivity contribution >= 4 is 25.7 Å². The Bertz CT molecular complexity index is 1210. The van der Waals surface area contributed by atoms with E-state index < -0.39 is 68.7 Å². The Kier molecular flexibility index (Phi) is 36.0. The third-order valence-electron chi connectivity index (χ3n) is 12.5. The summed E-state index contributed by atoms with van der Waals surface area (Å²) in [5.74, 6) is -2.06. The van der Waals surface area contributed by atoms with Gasteiger partial charge >= 0.3 is 19.8 Å². The van der Waals surface area contributed by atoms with E-state index >= 15 is 0 Å². The molecule has 0 aromatic carbocycles. The van der Waals surface area contributed by atoms with E-state index in [0.29, 0.717) is 19.3 Å². The molecule has 0 aromatic rings. The van der Waals surface area contributed by atoms with Crippen LogP contribution in [0.3, 0.4) is 0 Å². The number of likely N-dealkylation sites (N-methyl/N-ethyl adjacent to an activating group) is 1. The lowest BCUT2D eigenvalue weighted by Crippen LogP contribution is -2.62. The molecule has 6 atom stereocenters. The van der Waals surface area contributed by atoms with Gasteiger partial charge in [0.25, 0.3) is 0 Å². The number of hydrogen-bond acceptors (Lipinski definition) is 11. The van der Waals surface area contributed by atoms with E-state index in [2.05, 4.69) is 31.0 Å². The molecule has 0 radical (unpaired) electrons.